The van der Waals surface area contributed by atoms with E-state index >= 15 is 0 Å². The van der Waals surface area contributed by atoms with E-state index in [2.05, 4.69) is 25.5 Å². The summed E-state index contributed by atoms with van der Waals surface area (Å²) in [6.45, 7) is 4.67. The smallest absolute Gasteiger partial charge is 0.319 e. The highest BCUT2D eigenvalue weighted by Crippen LogP contribution is 2.19. The number of aliphatic hydroxyl groups is 1. The van der Waals surface area contributed by atoms with Crippen LogP contribution in [0.25, 0.3) is 11.4 Å². The van der Waals surface area contributed by atoms with E-state index in [1.54, 1.807) is 18.2 Å². The summed E-state index contributed by atoms with van der Waals surface area (Å²) in [4.78, 5) is 33.1. The number of amides is 2. The average molecular weight is 371 g/mol. The zero-order valence-electron chi connectivity index (χ0n) is 15.4. The summed E-state index contributed by atoms with van der Waals surface area (Å²) >= 11 is 0. The van der Waals surface area contributed by atoms with Crippen molar-refractivity contribution in [3.8, 4) is 11.4 Å². The molecule has 0 bridgehead atoms. The molecular formula is C19H25N5O3. The number of hydrogen-bond acceptors (Lipinski definition) is 5. The number of nitrogens with one attached hydrogen (secondary N) is 3. The Labute approximate surface area is 157 Å². The molecule has 1 saturated heterocycles. The van der Waals surface area contributed by atoms with Gasteiger partial charge < -0.3 is 20.7 Å². The fourth-order valence-electron chi connectivity index (χ4n) is 3.09. The van der Waals surface area contributed by atoms with Crippen LogP contribution < -0.4 is 16.2 Å². The first-order valence-corrected chi connectivity index (χ1v) is 9.19. The number of carbonyl (C=O) groups is 1. The predicted molar refractivity (Wildman–Crippen MR) is 104 cm³/mol. The van der Waals surface area contributed by atoms with Crippen LogP contribution in [0.4, 0.5) is 10.5 Å². The van der Waals surface area contributed by atoms with E-state index in [1.807, 2.05) is 13.0 Å². The lowest BCUT2D eigenvalue weighted by atomic mass is 10.2. The van der Waals surface area contributed by atoms with Gasteiger partial charge in [-0.2, -0.15) is 0 Å². The van der Waals surface area contributed by atoms with Crippen molar-refractivity contribution in [2.24, 2.45) is 0 Å². The molecule has 4 N–H and O–H groups in total. The van der Waals surface area contributed by atoms with E-state index in [-0.39, 0.29) is 17.7 Å². The first kappa shape index (κ1) is 19.1. The summed E-state index contributed by atoms with van der Waals surface area (Å²) in [5.41, 5.74) is 1.87. The van der Waals surface area contributed by atoms with E-state index < -0.39 is 0 Å². The molecule has 1 fully saturated rings. The third-order valence-electron chi connectivity index (χ3n) is 4.51. The third-order valence-corrected chi connectivity index (χ3v) is 4.51. The lowest BCUT2D eigenvalue weighted by Crippen LogP contribution is -2.36. The van der Waals surface area contributed by atoms with Crippen molar-refractivity contribution >= 4 is 11.7 Å². The Hall–Kier alpha value is -2.71. The van der Waals surface area contributed by atoms with Gasteiger partial charge in [0.15, 0.2) is 0 Å². The van der Waals surface area contributed by atoms with Crippen molar-refractivity contribution in [1.29, 1.82) is 0 Å². The van der Waals surface area contributed by atoms with Crippen LogP contribution in [-0.4, -0.2) is 58.3 Å². The van der Waals surface area contributed by atoms with E-state index in [1.165, 1.54) is 6.07 Å². The zero-order valence-corrected chi connectivity index (χ0v) is 15.4. The minimum absolute atomic E-state index is 0.194. The summed E-state index contributed by atoms with van der Waals surface area (Å²) in [5, 5.41) is 15.1. The highest BCUT2D eigenvalue weighted by Gasteiger charge is 2.19. The molecule has 0 saturated carbocycles. The summed E-state index contributed by atoms with van der Waals surface area (Å²) in [5.74, 6) is 0.482. The summed E-state index contributed by atoms with van der Waals surface area (Å²) in [6.07, 6.45) is 1.20. The monoisotopic (exact) mass is 371 g/mol. The largest absolute Gasteiger partial charge is 0.392 e. The number of aromatic nitrogens is 2. The second-order valence-electron chi connectivity index (χ2n) is 6.64. The Morgan fingerprint density at radius 3 is 3.00 bits per heavy atom. The summed E-state index contributed by atoms with van der Waals surface area (Å²) in [6, 6.07) is 8.37. The second-order valence-corrected chi connectivity index (χ2v) is 6.64. The fourth-order valence-corrected chi connectivity index (χ4v) is 3.09. The lowest BCUT2D eigenvalue weighted by Gasteiger charge is -2.15. The van der Waals surface area contributed by atoms with E-state index in [4.69, 9.17) is 0 Å². The van der Waals surface area contributed by atoms with Gasteiger partial charge in [0.1, 0.15) is 5.82 Å². The van der Waals surface area contributed by atoms with Crippen LogP contribution in [0.15, 0.2) is 35.1 Å². The fraction of sp³-hybridized carbons (Fsp3) is 0.421. The molecule has 144 valence electrons. The standard InChI is InChI=1S/C19H25N5O3/c1-2-14-11-17(26)23-18(21-14)13-4-3-5-15(10-13)22-19(27)20-7-9-24-8-6-16(25)12-24/h3-5,10-11,16,25H,2,6-9,12H2,1H3,(H2,20,22,27)(H,21,23,26)/t16-/m0/s1. The Balaban J connectivity index is 1.58. The molecule has 1 aromatic heterocycles. The third kappa shape index (κ3) is 5.38. The highest BCUT2D eigenvalue weighted by atomic mass is 16.3. The van der Waals surface area contributed by atoms with E-state index in [9.17, 15) is 14.7 Å². The number of urea groups is 1. The van der Waals surface area contributed by atoms with Gasteiger partial charge in [-0.15, -0.1) is 0 Å². The number of anilines is 1. The van der Waals surface area contributed by atoms with Crippen LogP contribution >= 0.6 is 0 Å². The van der Waals surface area contributed by atoms with Gasteiger partial charge in [-0.3, -0.25) is 9.69 Å². The zero-order chi connectivity index (χ0) is 19.2. The first-order chi connectivity index (χ1) is 13.0. The van der Waals surface area contributed by atoms with Gasteiger partial charge in [0.05, 0.1) is 6.10 Å². The maximum Gasteiger partial charge on any atom is 0.319 e. The van der Waals surface area contributed by atoms with Crippen molar-refractivity contribution in [3.63, 3.8) is 0 Å². The molecule has 0 unspecified atom stereocenters. The minimum atomic E-state index is -0.296. The minimum Gasteiger partial charge on any atom is -0.392 e. The number of carbonyl (C=O) groups excluding carboxylic acids is 1. The molecule has 3 rings (SSSR count). The number of aryl methyl sites for hydroxylation is 1. The van der Waals surface area contributed by atoms with Gasteiger partial charge in [-0.1, -0.05) is 19.1 Å². The van der Waals surface area contributed by atoms with Gasteiger partial charge >= 0.3 is 6.03 Å². The number of aromatic amines is 1. The number of hydrogen-bond donors (Lipinski definition) is 4. The SMILES string of the molecule is CCc1cc(=O)[nH]c(-c2cccc(NC(=O)NCCN3CC[C@H](O)C3)c2)n1. The molecule has 2 amide bonds. The Bertz CT molecular complexity index is 851. The van der Waals surface area contributed by atoms with Crippen LogP contribution in [0.2, 0.25) is 0 Å². The van der Waals surface area contributed by atoms with Gasteiger partial charge in [0.25, 0.3) is 5.56 Å². The maximum absolute atomic E-state index is 12.1. The molecule has 8 nitrogen and oxygen atoms in total. The number of benzene rings is 1. The van der Waals surface area contributed by atoms with Crippen molar-refractivity contribution < 1.29 is 9.90 Å². The number of H-pyrrole nitrogens is 1. The molecule has 2 aromatic rings. The molecule has 1 aliphatic heterocycles. The molecule has 2 heterocycles. The molecule has 0 aliphatic carbocycles. The number of likely N-dealkylation sites (tertiary alicyclic amines) is 1. The van der Waals surface area contributed by atoms with Crippen molar-refractivity contribution in [1.82, 2.24) is 20.2 Å². The number of β-amino-alcohol motifs (C(OH)–C–C–N with tert-alkyl or cyclic N) is 1. The molecule has 1 aromatic carbocycles. The highest BCUT2D eigenvalue weighted by molar-refractivity contribution is 5.89. The average Bonchev–Trinajstić information content (AvgIpc) is 3.06. The Morgan fingerprint density at radius 2 is 2.26 bits per heavy atom. The maximum atomic E-state index is 12.1. The van der Waals surface area contributed by atoms with Gasteiger partial charge in [-0.25, -0.2) is 9.78 Å². The molecule has 1 atom stereocenters. The molecule has 0 spiro atoms. The van der Waals surface area contributed by atoms with E-state index in [0.29, 0.717) is 37.6 Å². The normalized spacial score (nSPS) is 17.0. The lowest BCUT2D eigenvalue weighted by molar-refractivity contribution is 0.176. The van der Waals surface area contributed by atoms with Crippen LogP contribution in [-0.2, 0) is 6.42 Å². The molecule has 27 heavy (non-hydrogen) atoms. The van der Waals surface area contributed by atoms with Gasteiger partial charge in [0.2, 0.25) is 0 Å². The summed E-state index contributed by atoms with van der Waals surface area (Å²) in [7, 11) is 0. The number of rotatable bonds is 6. The quantitative estimate of drug-likeness (QED) is 0.610. The van der Waals surface area contributed by atoms with Crippen molar-refractivity contribution in [2.75, 3.05) is 31.5 Å². The number of nitrogens with zero attached hydrogens (tertiary/aromatic N) is 2. The van der Waals surface area contributed by atoms with Crippen molar-refractivity contribution in [3.05, 3.63) is 46.4 Å². The Kier molecular flexibility index (Phi) is 6.20. The topological polar surface area (TPSA) is 110 Å². The van der Waals surface area contributed by atoms with Crippen molar-refractivity contribution in [2.45, 2.75) is 25.9 Å². The van der Waals surface area contributed by atoms with Crippen LogP contribution in [0, 0.1) is 0 Å². The number of aliphatic hydroxyl groups excluding tert-OH is 1. The summed E-state index contributed by atoms with van der Waals surface area (Å²) < 4.78 is 0. The van der Waals surface area contributed by atoms with Gasteiger partial charge in [-0.05, 0) is 25.0 Å². The molecule has 0 radical (unpaired) electrons. The second kappa shape index (κ2) is 8.79. The molecular weight excluding hydrogens is 346 g/mol. The van der Waals surface area contributed by atoms with Crippen LogP contribution in [0.3, 0.4) is 0 Å². The Morgan fingerprint density at radius 1 is 1.41 bits per heavy atom. The molecule has 8 heteroatoms. The molecule has 1 aliphatic rings. The first-order valence-electron chi connectivity index (χ1n) is 9.19. The van der Waals surface area contributed by atoms with E-state index in [0.717, 1.165) is 24.2 Å². The van der Waals surface area contributed by atoms with Crippen LogP contribution in [0.1, 0.15) is 19.0 Å². The van der Waals surface area contributed by atoms with Crippen LogP contribution in [0.5, 0.6) is 0 Å². The predicted octanol–water partition coefficient (Wildman–Crippen LogP) is 1.19. The van der Waals surface area contributed by atoms with Gasteiger partial charge in [0, 0.05) is 49.2 Å².